The average molecular weight is 423 g/mol. The Balaban J connectivity index is 1.65. The third-order valence-electron chi connectivity index (χ3n) is 5.25. The van der Waals surface area contributed by atoms with Crippen molar-refractivity contribution in [1.82, 2.24) is 20.2 Å². The third-order valence-corrected chi connectivity index (χ3v) is 5.25. The molecule has 2 aromatic carbocycles. The summed E-state index contributed by atoms with van der Waals surface area (Å²) in [5.41, 5.74) is 1.85. The van der Waals surface area contributed by atoms with Crippen LogP contribution in [0.3, 0.4) is 0 Å². The van der Waals surface area contributed by atoms with Crippen molar-refractivity contribution in [3.63, 3.8) is 0 Å². The molecule has 1 N–H and O–H groups in total. The van der Waals surface area contributed by atoms with E-state index in [0.29, 0.717) is 18.1 Å². The molecule has 158 valence electrons. The number of amides is 1. The Bertz CT molecular complexity index is 1390. The smallest absolute Gasteiger partial charge is 0.243 e. The fraction of sp³-hybridized carbons (Fsp3) is 0.120. The average Bonchev–Trinajstić information content (AvgIpc) is 2.82. The van der Waals surface area contributed by atoms with Crippen molar-refractivity contribution in [2.45, 2.75) is 6.42 Å². The van der Waals surface area contributed by atoms with E-state index >= 15 is 0 Å². The van der Waals surface area contributed by atoms with E-state index in [1.165, 1.54) is 6.33 Å². The number of para-hydroxylation sites is 1. The van der Waals surface area contributed by atoms with Gasteiger partial charge in [-0.05, 0) is 54.6 Å². The van der Waals surface area contributed by atoms with Gasteiger partial charge in [0.1, 0.15) is 12.1 Å². The second-order valence-electron chi connectivity index (χ2n) is 7.49. The minimum atomic E-state index is -0.0710. The van der Waals surface area contributed by atoms with Gasteiger partial charge < -0.3 is 15.0 Å². The van der Waals surface area contributed by atoms with Crippen molar-refractivity contribution in [1.29, 1.82) is 0 Å². The molecule has 3 aliphatic rings. The summed E-state index contributed by atoms with van der Waals surface area (Å²) in [7, 11) is 0. The largest absolute Gasteiger partial charge is 0.465 e. The summed E-state index contributed by atoms with van der Waals surface area (Å²) >= 11 is 0. The maximum absolute atomic E-state index is 12.2. The Hall–Kier alpha value is -4.26. The van der Waals surface area contributed by atoms with E-state index in [9.17, 15) is 4.79 Å². The molecule has 6 rings (SSSR count). The first kappa shape index (κ1) is 19.7. The van der Waals surface area contributed by atoms with Gasteiger partial charge in [-0.1, -0.05) is 24.3 Å². The minimum absolute atomic E-state index is 0.0710. The molecule has 0 saturated carbocycles. The number of fused-ring (bicyclic) bond motifs is 6. The first-order valence-corrected chi connectivity index (χ1v) is 10.4. The van der Waals surface area contributed by atoms with Crippen LogP contribution in [0, 0.1) is 0 Å². The number of carbonyl (C=O) groups is 1. The normalized spacial score (nSPS) is 20.8. The number of rotatable bonds is 0. The van der Waals surface area contributed by atoms with Crippen LogP contribution in [0.1, 0.15) is 6.42 Å². The SMILES string of the molecule is O=C1CN2C=C/C(=C/Oc3ccc4ncnc(c4c3)\N=c3/cccc/c3=C\C=C/N1)CC2. The topological polar surface area (TPSA) is 79.7 Å². The summed E-state index contributed by atoms with van der Waals surface area (Å²) in [5.74, 6) is 1.18. The van der Waals surface area contributed by atoms with E-state index in [1.54, 1.807) is 18.5 Å². The predicted molar refractivity (Wildman–Crippen MR) is 122 cm³/mol. The Kier molecular flexibility index (Phi) is 5.45. The van der Waals surface area contributed by atoms with Crippen LogP contribution in [0.15, 0.2) is 90.2 Å². The molecule has 0 saturated heterocycles. The van der Waals surface area contributed by atoms with Crippen molar-refractivity contribution in [2.75, 3.05) is 13.1 Å². The molecule has 0 aliphatic carbocycles. The van der Waals surface area contributed by atoms with Crippen LogP contribution in [-0.4, -0.2) is 33.9 Å². The van der Waals surface area contributed by atoms with Gasteiger partial charge in [-0.3, -0.25) is 4.79 Å². The van der Waals surface area contributed by atoms with Crippen molar-refractivity contribution in [3.8, 4) is 5.75 Å². The van der Waals surface area contributed by atoms with Crippen LogP contribution in [0.5, 0.6) is 5.75 Å². The third kappa shape index (κ3) is 4.41. The highest BCUT2D eigenvalue weighted by Gasteiger charge is 2.11. The number of aromatic nitrogens is 2. The summed E-state index contributed by atoms with van der Waals surface area (Å²) in [4.78, 5) is 27.8. The van der Waals surface area contributed by atoms with Gasteiger partial charge in [-0.15, -0.1) is 0 Å². The Morgan fingerprint density at radius 1 is 1.09 bits per heavy atom. The molecule has 0 radical (unpaired) electrons. The highest BCUT2D eigenvalue weighted by atomic mass is 16.5. The van der Waals surface area contributed by atoms with E-state index < -0.39 is 0 Å². The molecule has 3 aliphatic heterocycles. The zero-order valence-corrected chi connectivity index (χ0v) is 17.3. The lowest BCUT2D eigenvalue weighted by atomic mass is 10.1. The highest BCUT2D eigenvalue weighted by Crippen LogP contribution is 2.26. The van der Waals surface area contributed by atoms with Crippen molar-refractivity contribution in [2.24, 2.45) is 4.99 Å². The van der Waals surface area contributed by atoms with E-state index in [0.717, 1.165) is 40.0 Å². The quantitative estimate of drug-likeness (QED) is 0.601. The lowest BCUT2D eigenvalue weighted by Crippen LogP contribution is -2.33. The zero-order valence-electron chi connectivity index (χ0n) is 17.3. The van der Waals surface area contributed by atoms with Crippen LogP contribution in [0.25, 0.3) is 17.0 Å². The first-order chi connectivity index (χ1) is 15.7. The fourth-order valence-corrected chi connectivity index (χ4v) is 3.56. The van der Waals surface area contributed by atoms with Gasteiger partial charge in [0.15, 0.2) is 5.82 Å². The van der Waals surface area contributed by atoms with Gasteiger partial charge in [-0.25, -0.2) is 15.0 Å². The zero-order chi connectivity index (χ0) is 21.8. The molecule has 0 spiro atoms. The minimum Gasteiger partial charge on any atom is -0.465 e. The molecule has 3 aromatic rings. The van der Waals surface area contributed by atoms with Gasteiger partial charge in [0.2, 0.25) is 5.91 Å². The number of allylic oxidation sites excluding steroid dienone is 2. The number of nitrogens with zero attached hydrogens (tertiary/aromatic N) is 4. The van der Waals surface area contributed by atoms with Crippen LogP contribution >= 0.6 is 0 Å². The van der Waals surface area contributed by atoms with E-state index in [4.69, 9.17) is 9.73 Å². The molecule has 0 unspecified atom stereocenters. The second-order valence-corrected chi connectivity index (χ2v) is 7.49. The summed E-state index contributed by atoms with van der Waals surface area (Å²) in [6.45, 7) is 1.04. The number of hydrogen-bond acceptors (Lipinski definition) is 6. The maximum Gasteiger partial charge on any atom is 0.243 e. The number of carbonyl (C=O) groups excluding carboxylic acids is 1. The molecule has 4 heterocycles. The fourth-order valence-electron chi connectivity index (χ4n) is 3.56. The summed E-state index contributed by atoms with van der Waals surface area (Å²) in [6, 6.07) is 13.5. The maximum atomic E-state index is 12.2. The lowest BCUT2D eigenvalue weighted by molar-refractivity contribution is -0.120. The van der Waals surface area contributed by atoms with E-state index in [2.05, 4.69) is 15.3 Å². The van der Waals surface area contributed by atoms with Crippen molar-refractivity contribution < 1.29 is 9.53 Å². The molecule has 1 aromatic heterocycles. The van der Waals surface area contributed by atoms with Crippen molar-refractivity contribution in [3.05, 3.63) is 95.8 Å². The molecular weight excluding hydrogens is 402 g/mol. The molecule has 32 heavy (non-hydrogen) atoms. The molecule has 0 fully saturated rings. The van der Waals surface area contributed by atoms with Crippen LogP contribution in [0.4, 0.5) is 5.82 Å². The summed E-state index contributed by atoms with van der Waals surface area (Å²) in [5, 5.41) is 5.30. The number of hydrogen-bond donors (Lipinski definition) is 1. The van der Waals surface area contributed by atoms with E-state index in [-0.39, 0.29) is 5.91 Å². The molecule has 1 amide bonds. The van der Waals surface area contributed by atoms with Gasteiger partial charge >= 0.3 is 0 Å². The van der Waals surface area contributed by atoms with Gasteiger partial charge in [-0.2, -0.15) is 0 Å². The Morgan fingerprint density at radius 3 is 2.94 bits per heavy atom. The van der Waals surface area contributed by atoms with Crippen LogP contribution < -0.4 is 20.6 Å². The van der Waals surface area contributed by atoms with Crippen molar-refractivity contribution >= 4 is 28.7 Å². The molecule has 7 nitrogen and oxygen atoms in total. The highest BCUT2D eigenvalue weighted by molar-refractivity contribution is 5.88. The molecule has 0 atom stereocenters. The standard InChI is InChI=1S/C25H21N5O2/c31-24-15-30-12-9-18(10-13-30)16-32-20-7-8-23-21(14-20)25(28-17-27-23)29-22-6-2-1-4-19(22)5-3-11-26-24/h1-9,11-12,14,16-17H,10,13,15H2,(H,26,31)/b11-3-,18-16-,19-5+,29-22+. The first-order valence-electron chi connectivity index (χ1n) is 10.4. The number of nitrogens with one attached hydrogen (secondary N) is 1. The summed E-state index contributed by atoms with van der Waals surface area (Å²) < 4.78 is 5.93. The van der Waals surface area contributed by atoms with Crippen LogP contribution in [0.2, 0.25) is 0 Å². The summed E-state index contributed by atoms with van der Waals surface area (Å²) in [6.07, 6.45) is 13.3. The lowest BCUT2D eigenvalue weighted by Gasteiger charge is -2.23. The van der Waals surface area contributed by atoms with Crippen LogP contribution in [-0.2, 0) is 4.79 Å². The van der Waals surface area contributed by atoms with Gasteiger partial charge in [0.25, 0.3) is 0 Å². The molecule has 7 heteroatoms. The van der Waals surface area contributed by atoms with E-state index in [1.807, 2.05) is 65.7 Å². The molecular formula is C25H21N5O2. The monoisotopic (exact) mass is 423 g/mol. The molecule has 4 bridgehead atoms. The van der Waals surface area contributed by atoms with Gasteiger partial charge in [0, 0.05) is 23.3 Å². The predicted octanol–water partition coefficient (Wildman–Crippen LogP) is 2.49. The number of ether oxygens (including phenoxy) is 1. The Labute approximate surface area is 184 Å². The Morgan fingerprint density at radius 2 is 2.03 bits per heavy atom. The second kappa shape index (κ2) is 8.85. The van der Waals surface area contributed by atoms with Gasteiger partial charge in [0.05, 0.1) is 23.7 Å². The number of benzene rings is 2.